The van der Waals surface area contributed by atoms with E-state index in [1.807, 2.05) is 0 Å². The van der Waals surface area contributed by atoms with E-state index < -0.39 is 78.5 Å². The molecule has 0 heterocycles. The summed E-state index contributed by atoms with van der Waals surface area (Å²) in [5.74, 6) is 0. The smallest absolute Gasteiger partial charge is 0.287 e. The van der Waals surface area contributed by atoms with Gasteiger partial charge in [0.1, 0.15) is 26.5 Å². The molecule has 4 N–H and O–H groups in total. The molecule has 0 aliphatic carbocycles. The van der Waals surface area contributed by atoms with E-state index in [9.17, 15) is 46.7 Å². The predicted molar refractivity (Wildman–Crippen MR) is 126 cm³/mol. The van der Waals surface area contributed by atoms with Gasteiger partial charge in [0.05, 0.1) is 9.85 Å². The number of hydrogen-bond donors (Lipinski definition) is 4. The minimum atomic E-state index is -4.78. The lowest BCUT2D eigenvalue weighted by Gasteiger charge is -2.04. The maximum Gasteiger partial charge on any atom is 0.295 e. The van der Waals surface area contributed by atoms with Gasteiger partial charge in [0, 0.05) is 12.1 Å². The highest BCUT2D eigenvalue weighted by Crippen LogP contribution is 2.28. The van der Waals surface area contributed by atoms with E-state index in [1.165, 1.54) is 0 Å². The second-order valence-corrected chi connectivity index (χ2v) is 9.87. The van der Waals surface area contributed by atoms with Crippen LogP contribution in [0.4, 0.5) is 22.7 Å². The fraction of sp³-hybridized carbons (Fsp3) is 0. The van der Waals surface area contributed by atoms with Gasteiger partial charge in [-0.3, -0.25) is 49.8 Å². The molecule has 3 aromatic carbocycles. The molecule has 18 nitrogen and oxygen atoms in total. The van der Waals surface area contributed by atoms with Gasteiger partial charge < -0.3 is 0 Å². The topological polar surface area (TPSA) is 278 Å². The van der Waals surface area contributed by atoms with E-state index >= 15 is 0 Å². The van der Waals surface area contributed by atoms with E-state index in [1.54, 1.807) is 0 Å². The van der Waals surface area contributed by atoms with E-state index in [2.05, 4.69) is 21.1 Å². The molecule has 0 bridgehead atoms. The van der Waals surface area contributed by atoms with Crippen LogP contribution in [0.3, 0.4) is 0 Å². The Morgan fingerprint density at radius 3 is 1.58 bits per heavy atom. The second-order valence-electron chi connectivity index (χ2n) is 7.03. The van der Waals surface area contributed by atoms with Crippen LogP contribution < -0.4 is 32.4 Å². The first-order chi connectivity index (χ1) is 17.6. The molecule has 0 saturated heterocycles. The van der Waals surface area contributed by atoms with Gasteiger partial charge in [-0.05, 0) is 36.4 Å². The number of rotatable bonds is 8. The summed E-state index contributed by atoms with van der Waals surface area (Å²) in [6.07, 6.45) is 0. The molecule has 0 saturated carbocycles. The highest BCUT2D eigenvalue weighted by Gasteiger charge is 2.21. The molecule has 0 aromatic heterocycles. The number of hydrogen-bond acceptors (Lipinski definition) is 14. The van der Waals surface area contributed by atoms with Crippen molar-refractivity contribution in [3.05, 3.63) is 99.9 Å². The van der Waals surface area contributed by atoms with E-state index in [4.69, 9.17) is 9.11 Å². The largest absolute Gasteiger partial charge is 0.295 e. The Hall–Kier alpha value is -4.92. The summed E-state index contributed by atoms with van der Waals surface area (Å²) in [5.41, 5.74) is -0.365. The van der Waals surface area contributed by atoms with Crippen LogP contribution in [-0.4, -0.2) is 35.8 Å². The average molecular weight is 568 g/mol. The van der Waals surface area contributed by atoms with E-state index in [0.717, 1.165) is 36.4 Å². The number of nitrogens with zero attached hydrogens (tertiary/aromatic N) is 4. The number of nitro groups is 2. The van der Waals surface area contributed by atoms with Crippen LogP contribution in [0.2, 0.25) is 0 Å². The predicted octanol–water partition coefficient (Wildman–Crippen LogP) is -0.552. The summed E-state index contributed by atoms with van der Waals surface area (Å²) in [6, 6.07) is 6.18. The number of nitro benzene ring substituents is 2. The van der Waals surface area contributed by atoms with Gasteiger partial charge in [-0.15, -0.1) is 0 Å². The molecule has 0 fully saturated rings. The molecule has 0 amide bonds. The minimum Gasteiger partial charge on any atom is -0.287 e. The highest BCUT2D eigenvalue weighted by atomic mass is 32.2. The SMILES string of the molecule is O=c1cc/c(=N\Nc2ccc(S(=O)(=O)O)cc2[N+](=O)[O-])c(=O)/c1=N/Nc1ccc(S(=O)(=O)O)cc1[N+](=O)[O-]. The summed E-state index contributed by atoms with van der Waals surface area (Å²) in [4.78, 5) is 43.8. The zero-order valence-corrected chi connectivity index (χ0v) is 19.8. The lowest BCUT2D eigenvalue weighted by Crippen LogP contribution is -2.48. The first-order valence-corrected chi connectivity index (χ1v) is 12.4. The first-order valence-electron chi connectivity index (χ1n) is 9.56. The van der Waals surface area contributed by atoms with E-state index in [0.29, 0.717) is 12.1 Å². The van der Waals surface area contributed by atoms with Crippen LogP contribution in [0, 0.1) is 20.2 Å². The van der Waals surface area contributed by atoms with Crippen molar-refractivity contribution in [3.8, 4) is 0 Å². The summed E-state index contributed by atoms with van der Waals surface area (Å²) in [5, 5.41) is 28.4. The van der Waals surface area contributed by atoms with Crippen molar-refractivity contribution < 1.29 is 35.8 Å². The van der Waals surface area contributed by atoms with Gasteiger partial charge in [0.2, 0.25) is 10.9 Å². The molecular formula is C18H12N6O12S2. The number of anilines is 2. The molecular weight excluding hydrogens is 556 g/mol. The highest BCUT2D eigenvalue weighted by molar-refractivity contribution is 7.86. The van der Waals surface area contributed by atoms with Crippen LogP contribution in [0.15, 0.2) is 78.1 Å². The Kier molecular flexibility index (Phi) is 7.44. The third-order valence-electron chi connectivity index (χ3n) is 4.59. The van der Waals surface area contributed by atoms with Crippen molar-refractivity contribution in [1.82, 2.24) is 0 Å². The third-order valence-corrected chi connectivity index (χ3v) is 6.29. The maximum absolute atomic E-state index is 12.7. The van der Waals surface area contributed by atoms with E-state index in [-0.39, 0.29) is 5.69 Å². The summed E-state index contributed by atoms with van der Waals surface area (Å²) < 4.78 is 63.0. The molecule has 38 heavy (non-hydrogen) atoms. The average Bonchev–Trinajstić information content (AvgIpc) is 2.82. The third kappa shape index (κ3) is 6.07. The fourth-order valence-electron chi connectivity index (χ4n) is 2.81. The first kappa shape index (κ1) is 27.7. The Morgan fingerprint density at radius 2 is 1.16 bits per heavy atom. The van der Waals surface area contributed by atoms with Gasteiger partial charge in [-0.1, -0.05) is 0 Å². The molecule has 0 radical (unpaired) electrons. The summed E-state index contributed by atoms with van der Waals surface area (Å²) in [6.45, 7) is 0. The number of benzene rings is 3. The van der Waals surface area contributed by atoms with Crippen molar-refractivity contribution in [2.75, 3.05) is 10.9 Å². The molecule has 3 rings (SSSR count). The van der Waals surface area contributed by atoms with Crippen molar-refractivity contribution in [2.45, 2.75) is 9.79 Å². The molecule has 3 aromatic rings. The van der Waals surface area contributed by atoms with Crippen LogP contribution in [0.25, 0.3) is 0 Å². The summed E-state index contributed by atoms with van der Waals surface area (Å²) >= 11 is 0. The van der Waals surface area contributed by atoms with Crippen LogP contribution in [-0.2, 0) is 20.2 Å². The van der Waals surface area contributed by atoms with Gasteiger partial charge in [0.15, 0.2) is 5.36 Å². The molecule has 0 aliphatic rings. The van der Waals surface area contributed by atoms with Crippen molar-refractivity contribution >= 4 is 43.0 Å². The normalized spacial score (nSPS) is 12.8. The van der Waals surface area contributed by atoms with Gasteiger partial charge in [-0.2, -0.15) is 27.0 Å². The van der Waals surface area contributed by atoms with Gasteiger partial charge in [-0.25, -0.2) is 0 Å². The molecule has 20 heteroatoms. The fourth-order valence-corrected chi connectivity index (χ4v) is 3.81. The van der Waals surface area contributed by atoms with Crippen molar-refractivity contribution in [2.24, 2.45) is 10.2 Å². The van der Waals surface area contributed by atoms with Crippen LogP contribution >= 0.6 is 0 Å². The standard InChI is InChI=1S/C18H12N6O12S2/c25-16-6-5-13(21-19-11-3-1-9(37(31,32)33)7-14(11)23(27)28)18(26)17(16)22-20-12-4-2-10(38(34,35)36)8-15(12)24(29)30/h1-8,19-20H,(H,31,32,33)(H,34,35,36)/b21-13+,22-17+. The Labute approximate surface area is 209 Å². The quantitative estimate of drug-likeness (QED) is 0.151. The summed E-state index contributed by atoms with van der Waals surface area (Å²) in [7, 11) is -9.53. The van der Waals surface area contributed by atoms with Crippen LogP contribution in [0.5, 0.6) is 0 Å². The Balaban J connectivity index is 2.05. The monoisotopic (exact) mass is 568 g/mol. The Morgan fingerprint density at radius 1 is 0.711 bits per heavy atom. The van der Waals surface area contributed by atoms with Gasteiger partial charge in [0.25, 0.3) is 31.6 Å². The number of nitrogens with one attached hydrogen (secondary N) is 2. The molecule has 0 atom stereocenters. The zero-order valence-electron chi connectivity index (χ0n) is 18.2. The van der Waals surface area contributed by atoms with Gasteiger partial charge >= 0.3 is 0 Å². The maximum atomic E-state index is 12.7. The molecule has 0 spiro atoms. The molecule has 0 aliphatic heterocycles. The van der Waals surface area contributed by atoms with Crippen LogP contribution in [0.1, 0.15) is 0 Å². The molecule has 0 unspecified atom stereocenters. The minimum absolute atomic E-state index is 0.390. The Bertz CT molecular complexity index is 1930. The van der Waals surface area contributed by atoms with Crippen molar-refractivity contribution in [1.29, 1.82) is 0 Å². The van der Waals surface area contributed by atoms with Crippen molar-refractivity contribution in [3.63, 3.8) is 0 Å². The second kappa shape index (κ2) is 10.2. The lowest BCUT2D eigenvalue weighted by atomic mass is 10.3. The zero-order chi connectivity index (χ0) is 28.4. The molecule has 198 valence electrons. The lowest BCUT2D eigenvalue weighted by molar-refractivity contribution is -0.384.